The SMILES string of the molecule is Cc1ccc(-c2csc3nc(SCC(=O)c4cccs4)[nH]c(=O)c23)cc1. The Morgan fingerprint density at radius 3 is 2.73 bits per heavy atom. The molecule has 7 heteroatoms. The lowest BCUT2D eigenvalue weighted by Crippen LogP contribution is -2.09. The molecule has 0 fully saturated rings. The molecule has 1 N–H and O–H groups in total. The van der Waals surface area contributed by atoms with Crippen LogP contribution in [0.5, 0.6) is 0 Å². The van der Waals surface area contributed by atoms with Gasteiger partial charge >= 0.3 is 0 Å². The van der Waals surface area contributed by atoms with Crippen molar-refractivity contribution in [3.8, 4) is 11.1 Å². The highest BCUT2D eigenvalue weighted by Gasteiger charge is 2.14. The molecule has 1 aromatic carbocycles. The van der Waals surface area contributed by atoms with Crippen LogP contribution in [0.3, 0.4) is 0 Å². The Hall–Kier alpha value is -2.22. The van der Waals surface area contributed by atoms with Crippen LogP contribution in [0.2, 0.25) is 0 Å². The first-order chi connectivity index (χ1) is 12.6. The van der Waals surface area contributed by atoms with Crippen molar-refractivity contribution in [3.05, 3.63) is 68.0 Å². The summed E-state index contributed by atoms with van der Waals surface area (Å²) in [5.41, 5.74) is 2.90. The van der Waals surface area contributed by atoms with Gasteiger partial charge in [0.05, 0.1) is 16.0 Å². The summed E-state index contributed by atoms with van der Waals surface area (Å²) in [4.78, 5) is 33.5. The van der Waals surface area contributed by atoms with Crippen molar-refractivity contribution < 1.29 is 4.79 Å². The summed E-state index contributed by atoms with van der Waals surface area (Å²) < 4.78 is 0. The lowest BCUT2D eigenvalue weighted by Gasteiger charge is -2.02. The number of hydrogen-bond acceptors (Lipinski definition) is 6. The molecule has 4 rings (SSSR count). The van der Waals surface area contributed by atoms with Crippen molar-refractivity contribution in [1.82, 2.24) is 9.97 Å². The molecule has 3 heterocycles. The number of thioether (sulfide) groups is 1. The van der Waals surface area contributed by atoms with Crippen LogP contribution in [0, 0.1) is 6.92 Å². The van der Waals surface area contributed by atoms with Gasteiger partial charge in [-0.15, -0.1) is 22.7 Å². The van der Waals surface area contributed by atoms with Crippen LogP contribution in [-0.4, -0.2) is 21.5 Å². The van der Waals surface area contributed by atoms with Crippen LogP contribution in [0.4, 0.5) is 0 Å². The van der Waals surface area contributed by atoms with Crippen LogP contribution < -0.4 is 5.56 Å². The van der Waals surface area contributed by atoms with Gasteiger partial charge in [-0.25, -0.2) is 4.98 Å². The van der Waals surface area contributed by atoms with Crippen LogP contribution in [0.25, 0.3) is 21.3 Å². The number of carbonyl (C=O) groups excluding carboxylic acids is 1. The second kappa shape index (κ2) is 7.19. The Morgan fingerprint density at radius 2 is 2.00 bits per heavy atom. The van der Waals surface area contributed by atoms with Crippen molar-refractivity contribution in [1.29, 1.82) is 0 Å². The van der Waals surface area contributed by atoms with E-state index in [2.05, 4.69) is 9.97 Å². The van der Waals surface area contributed by atoms with E-state index in [1.807, 2.05) is 48.0 Å². The molecular weight excluding hydrogens is 384 g/mol. The lowest BCUT2D eigenvalue weighted by atomic mass is 10.1. The van der Waals surface area contributed by atoms with Gasteiger partial charge in [0.1, 0.15) is 4.83 Å². The fraction of sp³-hybridized carbons (Fsp3) is 0.105. The van der Waals surface area contributed by atoms with Gasteiger partial charge in [-0.2, -0.15) is 0 Å². The van der Waals surface area contributed by atoms with E-state index in [9.17, 15) is 9.59 Å². The highest BCUT2D eigenvalue weighted by atomic mass is 32.2. The number of carbonyl (C=O) groups is 1. The molecule has 0 saturated carbocycles. The largest absolute Gasteiger partial charge is 0.301 e. The maximum atomic E-state index is 12.6. The molecule has 0 aliphatic heterocycles. The van der Waals surface area contributed by atoms with Gasteiger partial charge in [0.2, 0.25) is 0 Å². The number of ketones is 1. The zero-order valence-electron chi connectivity index (χ0n) is 13.8. The molecule has 0 aliphatic rings. The number of H-pyrrole nitrogens is 1. The highest BCUT2D eigenvalue weighted by Crippen LogP contribution is 2.31. The molecule has 4 aromatic rings. The third-order valence-corrected chi connectivity index (χ3v) is 6.58. The average Bonchev–Trinajstić information content (AvgIpc) is 3.30. The van der Waals surface area contributed by atoms with Gasteiger partial charge in [0.25, 0.3) is 5.56 Å². The summed E-state index contributed by atoms with van der Waals surface area (Å²) in [7, 11) is 0. The van der Waals surface area contributed by atoms with Gasteiger partial charge in [-0.3, -0.25) is 9.59 Å². The van der Waals surface area contributed by atoms with E-state index in [-0.39, 0.29) is 17.1 Å². The van der Waals surface area contributed by atoms with E-state index in [1.165, 1.54) is 40.0 Å². The summed E-state index contributed by atoms with van der Waals surface area (Å²) in [6.45, 7) is 2.03. The first-order valence-electron chi connectivity index (χ1n) is 7.90. The van der Waals surface area contributed by atoms with Crippen LogP contribution in [0.1, 0.15) is 15.2 Å². The van der Waals surface area contributed by atoms with Gasteiger partial charge in [-0.05, 0) is 23.9 Å². The molecule has 0 spiro atoms. The van der Waals surface area contributed by atoms with Gasteiger partial charge in [-0.1, -0.05) is 47.7 Å². The van der Waals surface area contributed by atoms with Crippen LogP contribution in [-0.2, 0) is 0 Å². The normalized spacial score (nSPS) is 11.1. The number of benzene rings is 1. The Balaban J connectivity index is 1.62. The first-order valence-corrected chi connectivity index (χ1v) is 10.6. The minimum Gasteiger partial charge on any atom is -0.301 e. The van der Waals surface area contributed by atoms with E-state index in [0.29, 0.717) is 15.4 Å². The molecule has 0 aliphatic carbocycles. The summed E-state index contributed by atoms with van der Waals surface area (Å²) in [6.07, 6.45) is 0. The molecule has 130 valence electrons. The standard InChI is InChI=1S/C19H14N2O2S3/c1-11-4-6-12(7-5-11)13-9-25-18-16(13)17(23)20-19(21-18)26-10-14(22)15-3-2-8-24-15/h2-9H,10H2,1H3,(H,20,21,23). The number of nitrogens with zero attached hydrogens (tertiary/aromatic N) is 1. The van der Waals surface area contributed by atoms with E-state index < -0.39 is 0 Å². The predicted octanol–water partition coefficient (Wildman–Crippen LogP) is 5.00. The number of fused-ring (bicyclic) bond motifs is 1. The molecule has 0 amide bonds. The third-order valence-electron chi connectivity index (χ3n) is 3.92. The summed E-state index contributed by atoms with van der Waals surface area (Å²) in [6, 6.07) is 11.7. The second-order valence-corrected chi connectivity index (χ2v) is 8.53. The molecule has 26 heavy (non-hydrogen) atoms. The predicted molar refractivity (Wildman–Crippen MR) is 110 cm³/mol. The Kier molecular flexibility index (Phi) is 4.76. The summed E-state index contributed by atoms with van der Waals surface area (Å²) in [5.74, 6) is 0.296. The van der Waals surface area contributed by atoms with Crippen molar-refractivity contribution >= 4 is 50.4 Å². The zero-order chi connectivity index (χ0) is 18.1. The van der Waals surface area contributed by atoms with Gasteiger partial charge < -0.3 is 4.98 Å². The smallest absolute Gasteiger partial charge is 0.260 e. The molecule has 0 radical (unpaired) electrons. The van der Waals surface area contributed by atoms with Gasteiger partial charge in [0.15, 0.2) is 10.9 Å². The zero-order valence-corrected chi connectivity index (χ0v) is 16.3. The molecule has 0 atom stereocenters. The van der Waals surface area contributed by atoms with E-state index >= 15 is 0 Å². The van der Waals surface area contributed by atoms with E-state index in [0.717, 1.165) is 16.0 Å². The number of rotatable bonds is 5. The maximum absolute atomic E-state index is 12.6. The molecule has 3 aromatic heterocycles. The van der Waals surface area contributed by atoms with Crippen molar-refractivity contribution in [2.24, 2.45) is 0 Å². The molecule has 0 unspecified atom stereocenters. The fourth-order valence-corrected chi connectivity index (χ4v) is 5.09. The number of aryl methyl sites for hydroxylation is 1. The van der Waals surface area contributed by atoms with Gasteiger partial charge in [0, 0.05) is 10.9 Å². The number of aromatic nitrogens is 2. The Bertz CT molecular complexity index is 1130. The second-order valence-electron chi connectivity index (χ2n) is 5.76. The Labute approximate surface area is 161 Å². The molecule has 0 saturated heterocycles. The van der Waals surface area contributed by atoms with Crippen LogP contribution >= 0.6 is 34.4 Å². The number of Topliss-reactive ketones (excluding diaryl/α,β-unsaturated/α-hetero) is 1. The summed E-state index contributed by atoms with van der Waals surface area (Å²) >= 11 is 4.13. The summed E-state index contributed by atoms with van der Waals surface area (Å²) in [5, 5.41) is 4.92. The van der Waals surface area contributed by atoms with E-state index in [4.69, 9.17) is 0 Å². The monoisotopic (exact) mass is 398 g/mol. The molecular formula is C19H14N2O2S3. The average molecular weight is 399 g/mol. The molecule has 4 nitrogen and oxygen atoms in total. The van der Waals surface area contributed by atoms with Crippen LogP contribution in [0.15, 0.2) is 57.1 Å². The first kappa shape index (κ1) is 17.2. The van der Waals surface area contributed by atoms with Crippen molar-refractivity contribution in [2.75, 3.05) is 5.75 Å². The molecule has 0 bridgehead atoms. The van der Waals surface area contributed by atoms with Crippen molar-refractivity contribution in [2.45, 2.75) is 12.1 Å². The minimum atomic E-state index is -0.169. The number of aromatic amines is 1. The van der Waals surface area contributed by atoms with Crippen molar-refractivity contribution in [3.63, 3.8) is 0 Å². The third kappa shape index (κ3) is 3.38. The maximum Gasteiger partial charge on any atom is 0.260 e. The highest BCUT2D eigenvalue weighted by molar-refractivity contribution is 7.99. The number of nitrogens with one attached hydrogen (secondary N) is 1. The lowest BCUT2D eigenvalue weighted by molar-refractivity contribution is 0.102. The quantitative estimate of drug-likeness (QED) is 0.292. The van der Waals surface area contributed by atoms with E-state index in [1.54, 1.807) is 6.07 Å². The minimum absolute atomic E-state index is 0.0410. The number of thiophene rings is 2. The Morgan fingerprint density at radius 1 is 1.19 bits per heavy atom. The topological polar surface area (TPSA) is 62.8 Å². The fourth-order valence-electron chi connectivity index (χ4n) is 2.59. The number of hydrogen-bond donors (Lipinski definition) is 1.